The summed E-state index contributed by atoms with van der Waals surface area (Å²) in [6.45, 7) is 4.65. The lowest BCUT2D eigenvalue weighted by atomic mass is 9.97. The maximum atomic E-state index is 13.3. The number of hydrogen-bond acceptors (Lipinski definition) is 5. The molecule has 1 aromatic rings. The van der Waals surface area contributed by atoms with E-state index in [1.54, 1.807) is 11.3 Å². The van der Waals surface area contributed by atoms with Crippen molar-refractivity contribution in [1.29, 1.82) is 0 Å². The maximum absolute atomic E-state index is 13.3. The highest BCUT2D eigenvalue weighted by Gasteiger charge is 2.35. The van der Waals surface area contributed by atoms with Gasteiger partial charge >= 0.3 is 0 Å². The second-order valence-electron chi connectivity index (χ2n) is 7.45. The van der Waals surface area contributed by atoms with Crippen LogP contribution in [0.15, 0.2) is 17.5 Å². The molecular weight excluding hydrogens is 384 g/mol. The zero-order valence-corrected chi connectivity index (χ0v) is 17.6. The van der Waals surface area contributed by atoms with Crippen molar-refractivity contribution < 1.29 is 17.9 Å². The standard InChI is InChI=1S/C19H30N2O4S2/c1-2-12-27(23,24)21-9-3-6-16(13-21)19(22)20(14-17-7-4-10-25-17)15-18-8-5-11-26-18/h5,8,11,16-17H,2-4,6-7,9-10,12-15H2,1H3. The first-order valence-corrected chi connectivity index (χ1v) is 12.4. The van der Waals surface area contributed by atoms with Gasteiger partial charge in [0.15, 0.2) is 0 Å². The molecule has 2 unspecified atom stereocenters. The van der Waals surface area contributed by atoms with Gasteiger partial charge in [-0.3, -0.25) is 4.79 Å². The van der Waals surface area contributed by atoms with Crippen LogP contribution in [0, 0.1) is 5.92 Å². The van der Waals surface area contributed by atoms with Crippen LogP contribution in [0.25, 0.3) is 0 Å². The number of sulfonamides is 1. The molecule has 0 spiro atoms. The molecule has 1 amide bonds. The molecule has 27 heavy (non-hydrogen) atoms. The van der Waals surface area contributed by atoms with E-state index in [-0.39, 0.29) is 23.7 Å². The molecule has 152 valence electrons. The molecule has 6 nitrogen and oxygen atoms in total. The topological polar surface area (TPSA) is 66.9 Å². The fourth-order valence-corrected chi connectivity index (χ4v) is 6.21. The Morgan fingerprint density at radius 1 is 1.37 bits per heavy atom. The van der Waals surface area contributed by atoms with Crippen molar-refractivity contribution in [3.63, 3.8) is 0 Å². The molecule has 0 aromatic carbocycles. The third-order valence-electron chi connectivity index (χ3n) is 5.28. The minimum absolute atomic E-state index is 0.0651. The summed E-state index contributed by atoms with van der Waals surface area (Å²) < 4.78 is 32.2. The van der Waals surface area contributed by atoms with E-state index in [4.69, 9.17) is 4.74 Å². The monoisotopic (exact) mass is 414 g/mol. The van der Waals surface area contributed by atoms with Gasteiger partial charge in [0.2, 0.25) is 15.9 Å². The van der Waals surface area contributed by atoms with E-state index in [9.17, 15) is 13.2 Å². The Labute approximate surface area is 166 Å². The Balaban J connectivity index is 1.69. The summed E-state index contributed by atoms with van der Waals surface area (Å²) in [6.07, 6.45) is 4.21. The van der Waals surface area contributed by atoms with Crippen molar-refractivity contribution >= 4 is 27.3 Å². The number of hydrogen-bond donors (Lipinski definition) is 0. The van der Waals surface area contributed by atoms with E-state index in [0.29, 0.717) is 32.6 Å². The van der Waals surface area contributed by atoms with E-state index < -0.39 is 10.0 Å². The molecule has 2 aliphatic heterocycles. The molecule has 2 fully saturated rings. The van der Waals surface area contributed by atoms with Crippen molar-refractivity contribution in [2.75, 3.05) is 32.0 Å². The molecule has 2 saturated heterocycles. The average Bonchev–Trinajstić information content (AvgIpc) is 3.35. The molecular formula is C19H30N2O4S2. The van der Waals surface area contributed by atoms with Crippen LogP contribution in [0.5, 0.6) is 0 Å². The highest BCUT2D eigenvalue weighted by molar-refractivity contribution is 7.89. The van der Waals surface area contributed by atoms with Gasteiger partial charge in [-0.1, -0.05) is 13.0 Å². The Morgan fingerprint density at radius 3 is 2.89 bits per heavy atom. The zero-order valence-electron chi connectivity index (χ0n) is 16.0. The van der Waals surface area contributed by atoms with Crippen LogP contribution in [0.4, 0.5) is 0 Å². The fraction of sp³-hybridized carbons (Fsp3) is 0.737. The van der Waals surface area contributed by atoms with Gasteiger partial charge < -0.3 is 9.64 Å². The molecule has 2 aliphatic rings. The summed E-state index contributed by atoms with van der Waals surface area (Å²) in [5, 5.41) is 2.02. The predicted molar refractivity (Wildman–Crippen MR) is 107 cm³/mol. The quantitative estimate of drug-likeness (QED) is 0.656. The van der Waals surface area contributed by atoms with Crippen molar-refractivity contribution in [2.24, 2.45) is 5.92 Å². The number of carbonyl (C=O) groups excluding carboxylic acids is 1. The summed E-state index contributed by atoms with van der Waals surface area (Å²) in [5.74, 6) is -0.0371. The van der Waals surface area contributed by atoms with Gasteiger partial charge in [0.1, 0.15) is 0 Å². The van der Waals surface area contributed by atoms with Gasteiger partial charge in [-0.15, -0.1) is 11.3 Å². The number of ether oxygens (including phenoxy) is 1. The summed E-state index contributed by atoms with van der Waals surface area (Å²) in [6, 6.07) is 4.04. The Hall–Kier alpha value is -0.960. The van der Waals surface area contributed by atoms with Crippen molar-refractivity contribution in [3.8, 4) is 0 Å². The van der Waals surface area contributed by atoms with Crippen LogP contribution in [0.1, 0.15) is 43.9 Å². The molecule has 0 N–H and O–H groups in total. The number of carbonyl (C=O) groups is 1. The lowest BCUT2D eigenvalue weighted by Gasteiger charge is -2.35. The molecule has 3 heterocycles. The number of thiophene rings is 1. The average molecular weight is 415 g/mol. The molecule has 0 bridgehead atoms. The highest BCUT2D eigenvalue weighted by Crippen LogP contribution is 2.25. The van der Waals surface area contributed by atoms with Crippen LogP contribution in [0.3, 0.4) is 0 Å². The predicted octanol–water partition coefficient (Wildman–Crippen LogP) is 2.71. The molecule has 0 saturated carbocycles. The summed E-state index contributed by atoms with van der Waals surface area (Å²) >= 11 is 1.64. The molecule has 3 rings (SSSR count). The van der Waals surface area contributed by atoms with E-state index >= 15 is 0 Å². The minimum Gasteiger partial charge on any atom is -0.376 e. The molecule has 1 aromatic heterocycles. The first-order valence-electron chi connectivity index (χ1n) is 9.90. The van der Waals surface area contributed by atoms with Gasteiger partial charge in [0, 0.05) is 31.1 Å². The lowest BCUT2D eigenvalue weighted by Crippen LogP contribution is -2.48. The highest BCUT2D eigenvalue weighted by atomic mass is 32.2. The number of piperidine rings is 1. The third kappa shape index (κ3) is 5.53. The third-order valence-corrected chi connectivity index (χ3v) is 8.18. The first-order chi connectivity index (χ1) is 13.0. The van der Waals surface area contributed by atoms with Gasteiger partial charge in [-0.2, -0.15) is 0 Å². The van der Waals surface area contributed by atoms with Crippen molar-refractivity contribution in [2.45, 2.75) is 51.7 Å². The van der Waals surface area contributed by atoms with Crippen LogP contribution in [-0.4, -0.2) is 61.6 Å². The lowest BCUT2D eigenvalue weighted by molar-refractivity contribution is -0.139. The van der Waals surface area contributed by atoms with Gasteiger partial charge in [-0.25, -0.2) is 12.7 Å². The van der Waals surface area contributed by atoms with E-state index in [1.165, 1.54) is 4.31 Å². The van der Waals surface area contributed by atoms with Crippen LogP contribution in [-0.2, 0) is 26.1 Å². The van der Waals surface area contributed by atoms with Crippen LogP contribution >= 0.6 is 11.3 Å². The number of nitrogens with zero attached hydrogens (tertiary/aromatic N) is 2. The summed E-state index contributed by atoms with van der Waals surface area (Å²) in [4.78, 5) is 16.3. The van der Waals surface area contributed by atoms with E-state index in [1.807, 2.05) is 29.3 Å². The summed E-state index contributed by atoms with van der Waals surface area (Å²) in [5.41, 5.74) is 0. The van der Waals surface area contributed by atoms with Crippen LogP contribution < -0.4 is 0 Å². The van der Waals surface area contributed by atoms with E-state index in [2.05, 4.69) is 0 Å². The Bertz CT molecular complexity index is 699. The van der Waals surface area contributed by atoms with Gasteiger partial charge in [-0.05, 0) is 43.6 Å². The van der Waals surface area contributed by atoms with Gasteiger partial charge in [0.25, 0.3) is 0 Å². The second kappa shape index (κ2) is 9.49. The smallest absolute Gasteiger partial charge is 0.227 e. The SMILES string of the molecule is CCCS(=O)(=O)N1CCCC(C(=O)N(Cc2cccs2)CC2CCCO2)C1. The number of amides is 1. The van der Waals surface area contributed by atoms with E-state index in [0.717, 1.165) is 37.2 Å². The van der Waals surface area contributed by atoms with Crippen molar-refractivity contribution in [3.05, 3.63) is 22.4 Å². The minimum atomic E-state index is -3.26. The van der Waals surface area contributed by atoms with Gasteiger partial charge in [0.05, 0.1) is 24.3 Å². The number of rotatable bonds is 8. The normalized spacial score (nSPS) is 24.2. The van der Waals surface area contributed by atoms with Crippen LogP contribution in [0.2, 0.25) is 0 Å². The largest absolute Gasteiger partial charge is 0.376 e. The Morgan fingerprint density at radius 2 is 2.22 bits per heavy atom. The summed E-state index contributed by atoms with van der Waals surface area (Å²) in [7, 11) is -3.26. The fourth-order valence-electron chi connectivity index (χ4n) is 3.90. The zero-order chi connectivity index (χ0) is 19.3. The molecule has 0 aliphatic carbocycles. The maximum Gasteiger partial charge on any atom is 0.227 e. The molecule has 2 atom stereocenters. The Kier molecular flexibility index (Phi) is 7.30. The van der Waals surface area contributed by atoms with Crippen molar-refractivity contribution in [1.82, 2.24) is 9.21 Å². The first kappa shape index (κ1) is 20.8. The molecule has 8 heteroatoms. The molecule has 0 radical (unpaired) electrons. The second-order valence-corrected chi connectivity index (χ2v) is 10.6.